The average Bonchev–Trinajstić information content (AvgIpc) is 2.97. The van der Waals surface area contributed by atoms with Crippen molar-refractivity contribution < 1.29 is 17.6 Å². The second kappa shape index (κ2) is 4.55. The molecule has 0 bridgehead atoms. The van der Waals surface area contributed by atoms with E-state index >= 15 is 0 Å². The summed E-state index contributed by atoms with van der Waals surface area (Å²) in [6, 6.07) is 0.357. The van der Waals surface area contributed by atoms with Crippen molar-refractivity contribution in [2.45, 2.75) is 44.3 Å². The molecule has 0 amide bonds. The third-order valence-electron chi connectivity index (χ3n) is 2.41. The molecule has 96 valence electrons. The van der Waals surface area contributed by atoms with Crippen molar-refractivity contribution in [3.05, 3.63) is 5.82 Å². The van der Waals surface area contributed by atoms with Crippen molar-refractivity contribution >= 4 is 0 Å². The molecule has 1 aliphatic carbocycles. The molecule has 0 radical (unpaired) electrons. The average molecular weight is 253 g/mol. The Hall–Kier alpha value is -1.25. The molecule has 1 aromatic heterocycles. The number of nitrogens with zero attached hydrogens (tertiary/aromatic N) is 4. The summed E-state index contributed by atoms with van der Waals surface area (Å²) in [5.74, 6) is -3.98. The van der Waals surface area contributed by atoms with Gasteiger partial charge in [0.25, 0.3) is 0 Å². The zero-order valence-electron chi connectivity index (χ0n) is 8.78. The monoisotopic (exact) mass is 253 g/mol. The minimum atomic E-state index is -4.12. The van der Waals surface area contributed by atoms with Crippen LogP contribution in [0.15, 0.2) is 0 Å². The van der Waals surface area contributed by atoms with E-state index in [2.05, 4.69) is 20.8 Å². The van der Waals surface area contributed by atoms with Gasteiger partial charge in [-0.1, -0.05) is 0 Å². The minimum absolute atomic E-state index is 0.136. The predicted octanol–water partition coefficient (Wildman–Crippen LogP) is 0.825. The number of aromatic nitrogens is 4. The molecule has 0 aliphatic heterocycles. The highest BCUT2D eigenvalue weighted by Gasteiger charge is 2.42. The summed E-state index contributed by atoms with van der Waals surface area (Å²) < 4.78 is 50.4. The van der Waals surface area contributed by atoms with Gasteiger partial charge in [0.15, 0.2) is 5.82 Å². The fourth-order valence-corrected chi connectivity index (χ4v) is 1.26. The van der Waals surface area contributed by atoms with E-state index < -0.39 is 18.9 Å². The first-order valence-electron chi connectivity index (χ1n) is 5.13. The predicted molar refractivity (Wildman–Crippen MR) is 48.6 cm³/mol. The molecule has 0 unspecified atom stereocenters. The van der Waals surface area contributed by atoms with Gasteiger partial charge in [0.2, 0.25) is 0 Å². The summed E-state index contributed by atoms with van der Waals surface area (Å²) in [4.78, 5) is 0. The molecule has 9 heteroatoms. The van der Waals surface area contributed by atoms with Crippen LogP contribution < -0.4 is 5.32 Å². The Morgan fingerprint density at radius 1 is 1.41 bits per heavy atom. The number of hydrogen-bond donors (Lipinski definition) is 1. The van der Waals surface area contributed by atoms with Crippen LogP contribution in [-0.2, 0) is 13.1 Å². The second-order valence-electron chi connectivity index (χ2n) is 3.97. The van der Waals surface area contributed by atoms with Crippen molar-refractivity contribution in [1.29, 1.82) is 0 Å². The van der Waals surface area contributed by atoms with Gasteiger partial charge in [-0.2, -0.15) is 8.78 Å². The normalized spacial score (nSPS) is 16.8. The minimum Gasteiger partial charge on any atom is -0.307 e. The van der Waals surface area contributed by atoms with Crippen LogP contribution in [0, 0.1) is 0 Å². The van der Waals surface area contributed by atoms with Gasteiger partial charge in [0, 0.05) is 6.04 Å². The fraction of sp³-hybridized carbons (Fsp3) is 0.875. The van der Waals surface area contributed by atoms with Crippen molar-refractivity contribution in [3.63, 3.8) is 0 Å². The van der Waals surface area contributed by atoms with E-state index in [-0.39, 0.29) is 12.4 Å². The van der Waals surface area contributed by atoms with Crippen LogP contribution in [0.5, 0.6) is 0 Å². The van der Waals surface area contributed by atoms with E-state index in [9.17, 15) is 17.6 Å². The highest BCUT2D eigenvalue weighted by atomic mass is 19.3. The molecular weight excluding hydrogens is 242 g/mol. The lowest BCUT2D eigenvalue weighted by molar-refractivity contribution is -0.140. The SMILES string of the molecule is FC(F)C(F)(F)Cn1nnnc1CNC1CC1. The molecule has 5 nitrogen and oxygen atoms in total. The number of tetrazole rings is 1. The highest BCUT2D eigenvalue weighted by Crippen LogP contribution is 2.25. The van der Waals surface area contributed by atoms with Gasteiger partial charge < -0.3 is 5.32 Å². The van der Waals surface area contributed by atoms with E-state index in [0.717, 1.165) is 12.8 Å². The lowest BCUT2D eigenvalue weighted by Crippen LogP contribution is -2.34. The van der Waals surface area contributed by atoms with Gasteiger partial charge in [0.1, 0.15) is 6.54 Å². The summed E-state index contributed by atoms with van der Waals surface area (Å²) in [7, 11) is 0. The quantitative estimate of drug-likeness (QED) is 0.763. The first-order chi connectivity index (χ1) is 7.99. The first-order valence-corrected chi connectivity index (χ1v) is 5.13. The maximum atomic E-state index is 12.8. The summed E-state index contributed by atoms with van der Waals surface area (Å²) >= 11 is 0. The summed E-state index contributed by atoms with van der Waals surface area (Å²) in [5, 5.41) is 13.0. The Balaban J connectivity index is 1.97. The Bertz CT molecular complexity index is 376. The maximum absolute atomic E-state index is 12.8. The Morgan fingerprint density at radius 2 is 2.12 bits per heavy atom. The molecule has 1 fully saturated rings. The third-order valence-corrected chi connectivity index (χ3v) is 2.41. The van der Waals surface area contributed by atoms with Crippen LogP contribution in [0.25, 0.3) is 0 Å². The standard InChI is InChI=1S/C8H11F4N5/c9-7(10)8(11,12)4-17-6(14-15-16-17)3-13-5-1-2-5/h5,7,13H,1-4H2. The molecule has 1 N–H and O–H groups in total. The summed E-state index contributed by atoms with van der Waals surface area (Å²) in [6.45, 7) is -1.00. The van der Waals surface area contributed by atoms with Crippen molar-refractivity contribution in [1.82, 2.24) is 25.5 Å². The van der Waals surface area contributed by atoms with Gasteiger partial charge in [-0.05, 0) is 23.3 Å². The van der Waals surface area contributed by atoms with Crippen molar-refractivity contribution in [2.75, 3.05) is 0 Å². The van der Waals surface area contributed by atoms with E-state index in [1.807, 2.05) is 0 Å². The van der Waals surface area contributed by atoms with Gasteiger partial charge in [-0.25, -0.2) is 13.5 Å². The van der Waals surface area contributed by atoms with Gasteiger partial charge in [0.05, 0.1) is 6.54 Å². The van der Waals surface area contributed by atoms with Crippen LogP contribution in [-0.4, -0.2) is 38.6 Å². The summed E-state index contributed by atoms with van der Waals surface area (Å²) in [6.07, 6.45) is -1.68. The first kappa shape index (κ1) is 12.2. The molecule has 0 aromatic carbocycles. The topological polar surface area (TPSA) is 55.6 Å². The molecule has 2 rings (SSSR count). The Kier molecular flexibility index (Phi) is 3.27. The molecule has 1 aromatic rings. The van der Waals surface area contributed by atoms with Gasteiger partial charge >= 0.3 is 12.3 Å². The number of nitrogens with one attached hydrogen (secondary N) is 1. The lowest BCUT2D eigenvalue weighted by atomic mass is 10.3. The van der Waals surface area contributed by atoms with E-state index in [4.69, 9.17) is 0 Å². The number of hydrogen-bond acceptors (Lipinski definition) is 4. The summed E-state index contributed by atoms with van der Waals surface area (Å²) in [5.41, 5.74) is 0. The van der Waals surface area contributed by atoms with E-state index in [1.165, 1.54) is 0 Å². The Labute approximate surface area is 94.2 Å². The van der Waals surface area contributed by atoms with Gasteiger partial charge in [-0.15, -0.1) is 5.10 Å². The number of rotatable bonds is 6. The third kappa shape index (κ3) is 3.11. The van der Waals surface area contributed by atoms with Gasteiger partial charge in [-0.3, -0.25) is 0 Å². The number of alkyl halides is 4. The fourth-order valence-electron chi connectivity index (χ4n) is 1.26. The van der Waals surface area contributed by atoms with Crippen molar-refractivity contribution in [2.24, 2.45) is 0 Å². The molecular formula is C8H11F4N5. The molecule has 0 saturated heterocycles. The molecule has 0 spiro atoms. The van der Waals surface area contributed by atoms with Crippen LogP contribution in [0.4, 0.5) is 17.6 Å². The van der Waals surface area contributed by atoms with Crippen LogP contribution >= 0.6 is 0 Å². The molecule has 1 heterocycles. The van der Waals surface area contributed by atoms with Crippen LogP contribution in [0.2, 0.25) is 0 Å². The zero-order valence-corrected chi connectivity index (χ0v) is 8.78. The number of halogens is 4. The smallest absolute Gasteiger partial charge is 0.307 e. The second-order valence-corrected chi connectivity index (χ2v) is 3.97. The van der Waals surface area contributed by atoms with Crippen LogP contribution in [0.3, 0.4) is 0 Å². The molecule has 1 aliphatic rings. The van der Waals surface area contributed by atoms with Crippen molar-refractivity contribution in [3.8, 4) is 0 Å². The van der Waals surface area contributed by atoms with E-state index in [0.29, 0.717) is 10.7 Å². The largest absolute Gasteiger partial charge is 0.326 e. The zero-order chi connectivity index (χ0) is 12.5. The lowest BCUT2D eigenvalue weighted by Gasteiger charge is -2.15. The van der Waals surface area contributed by atoms with E-state index in [1.54, 1.807) is 0 Å². The Morgan fingerprint density at radius 3 is 2.71 bits per heavy atom. The maximum Gasteiger partial charge on any atom is 0.326 e. The molecule has 0 atom stereocenters. The highest BCUT2D eigenvalue weighted by molar-refractivity contribution is 4.88. The van der Waals surface area contributed by atoms with Crippen LogP contribution in [0.1, 0.15) is 18.7 Å². The molecule has 17 heavy (non-hydrogen) atoms. The molecule has 1 saturated carbocycles.